The molecule has 2 rings (SSSR count). The van der Waals surface area contributed by atoms with Crippen molar-refractivity contribution < 1.29 is 14.3 Å². The highest BCUT2D eigenvalue weighted by molar-refractivity contribution is 5.97. The third kappa shape index (κ3) is 4.76. The number of carbonyl (C=O) groups is 2. The van der Waals surface area contributed by atoms with Crippen molar-refractivity contribution in [1.82, 2.24) is 4.90 Å². The second kappa shape index (κ2) is 8.25. The standard InChI is InChI=1S/C19H21NO3/c1-15(19(22)23-2)20(13-16-9-5-3-6-10-16)14-18(21)17-11-7-4-8-12-17/h3-12,15H,13-14H2,1-2H3. The van der Waals surface area contributed by atoms with E-state index in [9.17, 15) is 9.59 Å². The Balaban J connectivity index is 2.16. The molecular formula is C19H21NO3. The average Bonchev–Trinajstić information content (AvgIpc) is 2.61. The van der Waals surface area contributed by atoms with Crippen molar-refractivity contribution in [2.45, 2.75) is 19.5 Å². The molecule has 1 atom stereocenters. The van der Waals surface area contributed by atoms with Crippen LogP contribution in [0.1, 0.15) is 22.8 Å². The predicted molar refractivity (Wildman–Crippen MR) is 89.1 cm³/mol. The number of Topliss-reactive ketones (excluding diaryl/α,β-unsaturated/α-hetero) is 1. The van der Waals surface area contributed by atoms with Gasteiger partial charge in [0, 0.05) is 12.1 Å². The van der Waals surface area contributed by atoms with E-state index in [0.29, 0.717) is 12.1 Å². The second-order valence-corrected chi connectivity index (χ2v) is 5.38. The number of ketones is 1. The fraction of sp³-hybridized carbons (Fsp3) is 0.263. The highest BCUT2D eigenvalue weighted by Gasteiger charge is 2.24. The van der Waals surface area contributed by atoms with Gasteiger partial charge in [0.2, 0.25) is 0 Å². The molecule has 0 heterocycles. The summed E-state index contributed by atoms with van der Waals surface area (Å²) in [6.07, 6.45) is 0. The molecule has 0 radical (unpaired) electrons. The summed E-state index contributed by atoms with van der Waals surface area (Å²) in [5, 5.41) is 0. The molecule has 2 aromatic rings. The largest absolute Gasteiger partial charge is 0.468 e. The molecule has 0 fully saturated rings. The van der Waals surface area contributed by atoms with Gasteiger partial charge in [-0.05, 0) is 12.5 Å². The Morgan fingerprint density at radius 3 is 2.13 bits per heavy atom. The number of carbonyl (C=O) groups excluding carboxylic acids is 2. The van der Waals surface area contributed by atoms with E-state index in [4.69, 9.17) is 4.74 Å². The molecule has 0 amide bonds. The molecule has 0 N–H and O–H groups in total. The minimum atomic E-state index is -0.493. The minimum Gasteiger partial charge on any atom is -0.468 e. The first-order valence-corrected chi connectivity index (χ1v) is 7.56. The van der Waals surface area contributed by atoms with Crippen molar-refractivity contribution in [3.05, 3.63) is 71.8 Å². The summed E-state index contributed by atoms with van der Waals surface area (Å²) in [5.74, 6) is -0.362. The van der Waals surface area contributed by atoms with Crippen LogP contribution < -0.4 is 0 Å². The fourth-order valence-electron chi connectivity index (χ4n) is 2.37. The molecule has 0 spiro atoms. The van der Waals surface area contributed by atoms with Crippen LogP contribution in [-0.2, 0) is 16.1 Å². The number of methoxy groups -OCH3 is 1. The number of benzene rings is 2. The van der Waals surface area contributed by atoms with Gasteiger partial charge in [0.1, 0.15) is 6.04 Å². The molecule has 1 unspecified atom stereocenters. The van der Waals surface area contributed by atoms with Crippen LogP contribution in [0.3, 0.4) is 0 Å². The summed E-state index contributed by atoms with van der Waals surface area (Å²) < 4.78 is 4.83. The monoisotopic (exact) mass is 311 g/mol. The number of hydrogen-bond donors (Lipinski definition) is 0. The Bertz CT molecular complexity index is 640. The molecule has 0 bridgehead atoms. The van der Waals surface area contributed by atoms with Crippen molar-refractivity contribution in [2.24, 2.45) is 0 Å². The predicted octanol–water partition coefficient (Wildman–Crippen LogP) is 2.93. The summed E-state index contributed by atoms with van der Waals surface area (Å²) in [7, 11) is 1.36. The van der Waals surface area contributed by atoms with Gasteiger partial charge in [-0.1, -0.05) is 60.7 Å². The number of nitrogens with zero attached hydrogens (tertiary/aromatic N) is 1. The molecule has 0 aliphatic carbocycles. The van der Waals surface area contributed by atoms with Gasteiger partial charge in [0.25, 0.3) is 0 Å². The maximum atomic E-state index is 12.5. The minimum absolute atomic E-state index is 0.0164. The van der Waals surface area contributed by atoms with Crippen LogP contribution >= 0.6 is 0 Å². The molecule has 0 aliphatic rings. The third-order valence-electron chi connectivity index (χ3n) is 3.76. The molecule has 0 saturated carbocycles. The smallest absolute Gasteiger partial charge is 0.322 e. The van der Waals surface area contributed by atoms with E-state index in [1.807, 2.05) is 53.4 Å². The third-order valence-corrected chi connectivity index (χ3v) is 3.76. The topological polar surface area (TPSA) is 46.6 Å². The second-order valence-electron chi connectivity index (χ2n) is 5.38. The number of rotatable bonds is 7. The molecule has 0 aliphatic heterocycles. The van der Waals surface area contributed by atoms with Gasteiger partial charge in [0.15, 0.2) is 5.78 Å². The number of hydrogen-bond acceptors (Lipinski definition) is 4. The molecule has 2 aromatic carbocycles. The zero-order valence-electron chi connectivity index (χ0n) is 13.4. The van der Waals surface area contributed by atoms with Crippen molar-refractivity contribution in [1.29, 1.82) is 0 Å². The van der Waals surface area contributed by atoms with Crippen LogP contribution in [0, 0.1) is 0 Å². The van der Waals surface area contributed by atoms with Crippen LogP contribution in [0.15, 0.2) is 60.7 Å². The van der Waals surface area contributed by atoms with Gasteiger partial charge >= 0.3 is 5.97 Å². The SMILES string of the molecule is COC(=O)C(C)N(CC(=O)c1ccccc1)Cc1ccccc1. The first-order valence-electron chi connectivity index (χ1n) is 7.56. The van der Waals surface area contributed by atoms with Gasteiger partial charge < -0.3 is 4.74 Å². The lowest BCUT2D eigenvalue weighted by Gasteiger charge is -2.26. The summed E-state index contributed by atoms with van der Waals surface area (Å²) in [6.45, 7) is 2.43. The Hall–Kier alpha value is -2.46. The van der Waals surface area contributed by atoms with Gasteiger partial charge in [-0.3, -0.25) is 14.5 Å². The lowest BCUT2D eigenvalue weighted by molar-refractivity contribution is -0.146. The van der Waals surface area contributed by atoms with Crippen LogP contribution in [0.2, 0.25) is 0 Å². The summed E-state index contributed by atoms with van der Waals surface area (Å²) >= 11 is 0. The lowest BCUT2D eigenvalue weighted by atomic mass is 10.1. The van der Waals surface area contributed by atoms with Crippen molar-refractivity contribution in [3.8, 4) is 0 Å². The van der Waals surface area contributed by atoms with Crippen LogP contribution in [0.25, 0.3) is 0 Å². The van der Waals surface area contributed by atoms with E-state index in [0.717, 1.165) is 5.56 Å². The first kappa shape index (κ1) is 16.9. The summed E-state index contributed by atoms with van der Waals surface area (Å²) in [4.78, 5) is 26.2. The maximum Gasteiger partial charge on any atom is 0.322 e. The zero-order valence-corrected chi connectivity index (χ0v) is 13.4. The van der Waals surface area contributed by atoms with Crippen LogP contribution in [-0.4, -0.2) is 36.3 Å². The van der Waals surface area contributed by atoms with Gasteiger partial charge in [0.05, 0.1) is 13.7 Å². The van der Waals surface area contributed by atoms with Gasteiger partial charge in [-0.15, -0.1) is 0 Å². The van der Waals surface area contributed by atoms with E-state index >= 15 is 0 Å². The van der Waals surface area contributed by atoms with E-state index in [1.165, 1.54) is 7.11 Å². The van der Waals surface area contributed by atoms with E-state index in [1.54, 1.807) is 19.1 Å². The Labute approximate surface area is 136 Å². The molecule has 4 nitrogen and oxygen atoms in total. The van der Waals surface area contributed by atoms with Crippen molar-refractivity contribution in [2.75, 3.05) is 13.7 Å². The highest BCUT2D eigenvalue weighted by atomic mass is 16.5. The van der Waals surface area contributed by atoms with Crippen LogP contribution in [0.5, 0.6) is 0 Å². The Morgan fingerprint density at radius 2 is 1.57 bits per heavy atom. The summed E-state index contributed by atoms with van der Waals surface area (Å²) in [6, 6.07) is 18.4. The van der Waals surface area contributed by atoms with Crippen molar-refractivity contribution >= 4 is 11.8 Å². The first-order chi connectivity index (χ1) is 11.1. The average molecular weight is 311 g/mol. The highest BCUT2D eigenvalue weighted by Crippen LogP contribution is 2.11. The number of ether oxygens (including phenoxy) is 1. The molecule has 23 heavy (non-hydrogen) atoms. The van der Waals surface area contributed by atoms with Crippen molar-refractivity contribution in [3.63, 3.8) is 0 Å². The van der Waals surface area contributed by atoms with Gasteiger partial charge in [-0.25, -0.2) is 0 Å². The quantitative estimate of drug-likeness (QED) is 0.582. The zero-order chi connectivity index (χ0) is 16.7. The summed E-state index contributed by atoms with van der Waals surface area (Å²) in [5.41, 5.74) is 1.69. The Morgan fingerprint density at radius 1 is 1.00 bits per heavy atom. The molecule has 4 heteroatoms. The maximum absolute atomic E-state index is 12.5. The Kier molecular flexibility index (Phi) is 6.06. The van der Waals surface area contributed by atoms with E-state index in [-0.39, 0.29) is 18.3 Å². The molecule has 0 saturated heterocycles. The molecular weight excluding hydrogens is 290 g/mol. The van der Waals surface area contributed by atoms with E-state index in [2.05, 4.69) is 0 Å². The van der Waals surface area contributed by atoms with Crippen LogP contribution in [0.4, 0.5) is 0 Å². The lowest BCUT2D eigenvalue weighted by Crippen LogP contribution is -2.42. The van der Waals surface area contributed by atoms with Gasteiger partial charge in [-0.2, -0.15) is 0 Å². The normalized spacial score (nSPS) is 12.0. The van der Waals surface area contributed by atoms with E-state index < -0.39 is 6.04 Å². The fourth-order valence-corrected chi connectivity index (χ4v) is 2.37. The molecule has 120 valence electrons. The molecule has 0 aromatic heterocycles. The number of esters is 1.